The summed E-state index contributed by atoms with van der Waals surface area (Å²) in [5.41, 5.74) is 3.26. The lowest BCUT2D eigenvalue weighted by Crippen LogP contribution is -2.42. The Morgan fingerprint density at radius 1 is 1.00 bits per heavy atom. The third-order valence-corrected chi connectivity index (χ3v) is 2.49. The van der Waals surface area contributed by atoms with Crippen molar-refractivity contribution in [2.75, 3.05) is 0 Å². The summed E-state index contributed by atoms with van der Waals surface area (Å²) in [4.78, 5) is 31.8. The van der Waals surface area contributed by atoms with Crippen LogP contribution in [0.4, 0.5) is 0 Å². The first-order valence-corrected chi connectivity index (χ1v) is 5.79. The fraction of sp³-hybridized carbons (Fsp3) is 0. The van der Waals surface area contributed by atoms with Crippen LogP contribution >= 0.6 is 0 Å². The Hall–Kier alpha value is -3.02. The number of rotatable bonds is 3. The molecule has 2 rings (SSSR count). The molecule has 0 aromatic carbocycles. The predicted octanol–water partition coefficient (Wildman–Crippen LogP) is 1.41. The van der Waals surface area contributed by atoms with Gasteiger partial charge in [-0.3, -0.25) is 25.0 Å². The molecular formula is C14H12N4O2. The lowest BCUT2D eigenvalue weighted by molar-refractivity contribution is 0.0673. The van der Waals surface area contributed by atoms with E-state index in [4.69, 9.17) is 0 Å². The lowest BCUT2D eigenvalue weighted by Gasteiger charge is -2.18. The van der Waals surface area contributed by atoms with Gasteiger partial charge in [0.25, 0.3) is 11.8 Å². The second kappa shape index (κ2) is 6.24. The van der Waals surface area contributed by atoms with Crippen LogP contribution in [0.5, 0.6) is 0 Å². The minimum Gasteiger partial charge on any atom is -0.267 e. The molecule has 2 heterocycles. The third-order valence-electron chi connectivity index (χ3n) is 2.49. The molecule has 1 N–H and O–H groups in total. The van der Waals surface area contributed by atoms with E-state index in [2.05, 4.69) is 22.0 Å². The molecule has 0 aliphatic rings. The molecule has 0 aliphatic carbocycles. The van der Waals surface area contributed by atoms with Gasteiger partial charge in [0.2, 0.25) is 0 Å². The second-order valence-electron chi connectivity index (χ2n) is 3.77. The van der Waals surface area contributed by atoms with Crippen molar-refractivity contribution in [3.8, 4) is 0 Å². The molecule has 0 saturated carbocycles. The summed E-state index contributed by atoms with van der Waals surface area (Å²) >= 11 is 0. The van der Waals surface area contributed by atoms with E-state index < -0.39 is 11.8 Å². The summed E-state index contributed by atoms with van der Waals surface area (Å²) in [6.45, 7) is 3.52. The van der Waals surface area contributed by atoms with Crippen LogP contribution < -0.4 is 5.43 Å². The Labute approximate surface area is 115 Å². The van der Waals surface area contributed by atoms with Gasteiger partial charge in [0, 0.05) is 42.1 Å². The van der Waals surface area contributed by atoms with Crippen LogP contribution in [-0.4, -0.2) is 26.8 Å². The van der Waals surface area contributed by atoms with Crippen molar-refractivity contribution in [1.29, 1.82) is 0 Å². The van der Waals surface area contributed by atoms with Crippen LogP contribution in [0.3, 0.4) is 0 Å². The maximum Gasteiger partial charge on any atom is 0.276 e. The summed E-state index contributed by atoms with van der Waals surface area (Å²) in [6, 6.07) is 6.20. The molecule has 2 aromatic rings. The molecule has 2 amide bonds. The Bertz CT molecular complexity index is 614. The van der Waals surface area contributed by atoms with E-state index in [-0.39, 0.29) is 0 Å². The van der Waals surface area contributed by atoms with Crippen LogP contribution in [0, 0.1) is 0 Å². The number of carbonyl (C=O) groups excluding carboxylic acids is 2. The molecule has 6 heteroatoms. The molecule has 0 bridgehead atoms. The molecule has 0 aliphatic heterocycles. The Morgan fingerprint density at radius 3 is 2.00 bits per heavy atom. The average Bonchev–Trinajstić information content (AvgIpc) is 2.53. The smallest absolute Gasteiger partial charge is 0.267 e. The monoisotopic (exact) mass is 268 g/mol. The van der Waals surface area contributed by atoms with Crippen LogP contribution in [0.2, 0.25) is 0 Å². The van der Waals surface area contributed by atoms with Crippen molar-refractivity contribution < 1.29 is 9.59 Å². The van der Waals surface area contributed by atoms with Crippen LogP contribution in [0.25, 0.3) is 0 Å². The van der Waals surface area contributed by atoms with Gasteiger partial charge < -0.3 is 0 Å². The first-order valence-electron chi connectivity index (χ1n) is 5.79. The maximum atomic E-state index is 12.1. The Kier molecular flexibility index (Phi) is 4.18. The van der Waals surface area contributed by atoms with Gasteiger partial charge in [-0.05, 0) is 24.3 Å². The van der Waals surface area contributed by atoms with E-state index in [1.54, 1.807) is 24.3 Å². The SMILES string of the molecule is C=CN(NC(=O)c1ccncc1)C(=O)c1ccncc1. The minimum atomic E-state index is -0.422. The summed E-state index contributed by atoms with van der Waals surface area (Å²) < 4.78 is 0. The number of pyridine rings is 2. The summed E-state index contributed by atoms with van der Waals surface area (Å²) in [7, 11) is 0. The van der Waals surface area contributed by atoms with Crippen molar-refractivity contribution in [3.05, 3.63) is 73.0 Å². The molecule has 0 atom stereocenters. The molecule has 0 radical (unpaired) electrons. The van der Waals surface area contributed by atoms with Gasteiger partial charge in [-0.2, -0.15) is 0 Å². The van der Waals surface area contributed by atoms with Crippen LogP contribution in [-0.2, 0) is 0 Å². The standard InChI is InChI=1S/C14H12N4O2/c1-2-18(14(20)12-5-9-16-10-6-12)17-13(19)11-3-7-15-8-4-11/h2-10H,1H2,(H,17,19). The van der Waals surface area contributed by atoms with Crippen molar-refractivity contribution in [1.82, 2.24) is 20.4 Å². The van der Waals surface area contributed by atoms with E-state index in [1.807, 2.05) is 0 Å². The fourth-order valence-corrected chi connectivity index (χ4v) is 1.49. The largest absolute Gasteiger partial charge is 0.276 e. The average molecular weight is 268 g/mol. The van der Waals surface area contributed by atoms with Gasteiger partial charge in [0.05, 0.1) is 0 Å². The van der Waals surface area contributed by atoms with Crippen LogP contribution in [0.1, 0.15) is 20.7 Å². The third kappa shape index (κ3) is 3.05. The zero-order chi connectivity index (χ0) is 14.4. The van der Waals surface area contributed by atoms with Crippen molar-refractivity contribution >= 4 is 11.8 Å². The summed E-state index contributed by atoms with van der Waals surface area (Å²) in [6.07, 6.45) is 7.23. The van der Waals surface area contributed by atoms with Gasteiger partial charge >= 0.3 is 0 Å². The lowest BCUT2D eigenvalue weighted by atomic mass is 10.2. The first kappa shape index (κ1) is 13.4. The normalized spacial score (nSPS) is 9.60. The highest BCUT2D eigenvalue weighted by molar-refractivity contribution is 5.99. The van der Waals surface area contributed by atoms with E-state index in [0.717, 1.165) is 5.01 Å². The number of hydrogen-bond acceptors (Lipinski definition) is 4. The number of hydrazine groups is 1. The summed E-state index contributed by atoms with van der Waals surface area (Å²) in [5.74, 6) is -0.820. The maximum absolute atomic E-state index is 12.1. The zero-order valence-corrected chi connectivity index (χ0v) is 10.6. The number of nitrogens with one attached hydrogen (secondary N) is 1. The first-order chi connectivity index (χ1) is 9.72. The molecule has 2 aromatic heterocycles. The number of hydrogen-bond donors (Lipinski definition) is 1. The number of amides is 2. The van der Waals surface area contributed by atoms with Crippen LogP contribution in [0.15, 0.2) is 61.8 Å². The quantitative estimate of drug-likeness (QED) is 0.854. The molecule has 0 fully saturated rings. The molecular weight excluding hydrogens is 256 g/mol. The molecule has 20 heavy (non-hydrogen) atoms. The van der Waals surface area contributed by atoms with E-state index in [1.165, 1.54) is 31.0 Å². The predicted molar refractivity (Wildman–Crippen MR) is 72.3 cm³/mol. The highest BCUT2D eigenvalue weighted by Gasteiger charge is 2.16. The fourth-order valence-electron chi connectivity index (χ4n) is 1.49. The Morgan fingerprint density at radius 2 is 1.50 bits per heavy atom. The minimum absolute atomic E-state index is 0.398. The van der Waals surface area contributed by atoms with Gasteiger partial charge in [0.15, 0.2) is 0 Å². The topological polar surface area (TPSA) is 75.2 Å². The van der Waals surface area contributed by atoms with E-state index in [9.17, 15) is 9.59 Å². The van der Waals surface area contributed by atoms with Crippen molar-refractivity contribution in [2.45, 2.75) is 0 Å². The molecule has 100 valence electrons. The summed E-state index contributed by atoms with van der Waals surface area (Å²) in [5, 5.41) is 1.03. The van der Waals surface area contributed by atoms with E-state index in [0.29, 0.717) is 11.1 Å². The van der Waals surface area contributed by atoms with Gasteiger partial charge in [-0.15, -0.1) is 0 Å². The second-order valence-corrected chi connectivity index (χ2v) is 3.77. The molecule has 0 unspecified atom stereocenters. The number of aromatic nitrogens is 2. The molecule has 0 saturated heterocycles. The zero-order valence-electron chi connectivity index (χ0n) is 10.6. The van der Waals surface area contributed by atoms with Crippen molar-refractivity contribution in [2.24, 2.45) is 0 Å². The van der Waals surface area contributed by atoms with Gasteiger partial charge in [-0.1, -0.05) is 6.58 Å². The van der Waals surface area contributed by atoms with Gasteiger partial charge in [-0.25, -0.2) is 5.01 Å². The Balaban J connectivity index is 2.12. The van der Waals surface area contributed by atoms with Crippen molar-refractivity contribution in [3.63, 3.8) is 0 Å². The highest BCUT2D eigenvalue weighted by Crippen LogP contribution is 2.03. The molecule has 0 spiro atoms. The molecule has 6 nitrogen and oxygen atoms in total. The highest BCUT2D eigenvalue weighted by atomic mass is 16.2. The van der Waals surface area contributed by atoms with E-state index >= 15 is 0 Å². The number of nitrogens with zero attached hydrogens (tertiary/aromatic N) is 3. The van der Waals surface area contributed by atoms with Gasteiger partial charge in [0.1, 0.15) is 0 Å². The number of carbonyl (C=O) groups is 2.